The van der Waals surface area contributed by atoms with E-state index in [4.69, 9.17) is 4.74 Å². The molecule has 0 unspecified atom stereocenters. The van der Waals surface area contributed by atoms with Crippen molar-refractivity contribution in [2.24, 2.45) is 0 Å². The Labute approximate surface area is 109 Å². The van der Waals surface area contributed by atoms with Crippen molar-refractivity contribution >= 4 is 0 Å². The van der Waals surface area contributed by atoms with Crippen LogP contribution in [0.15, 0.2) is 18.2 Å². The lowest BCUT2D eigenvalue weighted by Gasteiger charge is -2.29. The van der Waals surface area contributed by atoms with Gasteiger partial charge in [-0.25, -0.2) is 0 Å². The molecule has 1 aromatic rings. The summed E-state index contributed by atoms with van der Waals surface area (Å²) >= 11 is 0. The zero-order valence-corrected chi connectivity index (χ0v) is 11.4. The maximum Gasteiger partial charge on any atom is 0.119 e. The standard InChI is InChI=1S/C15H23NO2/c1-12-9-13(2)11-15(10-12)18-8-7-16-5-3-14(17)4-6-16/h9-11,14,17H,3-8H2,1-2H3. The number of aliphatic hydroxyl groups excluding tert-OH is 1. The summed E-state index contributed by atoms with van der Waals surface area (Å²) in [7, 11) is 0. The first-order valence-corrected chi connectivity index (χ1v) is 6.75. The van der Waals surface area contributed by atoms with Crippen LogP contribution >= 0.6 is 0 Å². The number of hydrogen-bond donors (Lipinski definition) is 1. The summed E-state index contributed by atoms with van der Waals surface area (Å²) in [6.45, 7) is 7.81. The number of hydrogen-bond acceptors (Lipinski definition) is 3. The Bertz CT molecular complexity index is 364. The number of nitrogens with zero attached hydrogens (tertiary/aromatic N) is 1. The molecule has 18 heavy (non-hydrogen) atoms. The van der Waals surface area contributed by atoms with Gasteiger partial charge in [-0.15, -0.1) is 0 Å². The van der Waals surface area contributed by atoms with E-state index in [-0.39, 0.29) is 6.10 Å². The number of rotatable bonds is 4. The minimum absolute atomic E-state index is 0.0957. The average Bonchev–Trinajstić information content (AvgIpc) is 2.30. The summed E-state index contributed by atoms with van der Waals surface area (Å²) in [6, 6.07) is 6.30. The van der Waals surface area contributed by atoms with Crippen LogP contribution in [-0.4, -0.2) is 42.4 Å². The lowest BCUT2D eigenvalue weighted by Crippen LogP contribution is -2.38. The molecule has 0 amide bonds. The van der Waals surface area contributed by atoms with E-state index >= 15 is 0 Å². The summed E-state index contributed by atoms with van der Waals surface area (Å²) in [5.74, 6) is 0.963. The first kappa shape index (κ1) is 13.4. The second-order valence-corrected chi connectivity index (χ2v) is 5.24. The largest absolute Gasteiger partial charge is 0.492 e. The zero-order valence-electron chi connectivity index (χ0n) is 11.4. The Morgan fingerprint density at radius 1 is 1.17 bits per heavy atom. The Kier molecular flexibility index (Phi) is 4.61. The van der Waals surface area contributed by atoms with E-state index in [0.29, 0.717) is 0 Å². The monoisotopic (exact) mass is 249 g/mol. The molecule has 3 heteroatoms. The van der Waals surface area contributed by atoms with Crippen LogP contribution in [0.4, 0.5) is 0 Å². The van der Waals surface area contributed by atoms with Crippen LogP contribution in [0.3, 0.4) is 0 Å². The van der Waals surface area contributed by atoms with Crippen molar-refractivity contribution in [3.63, 3.8) is 0 Å². The first-order chi connectivity index (χ1) is 8.63. The molecule has 0 aromatic heterocycles. The fraction of sp³-hybridized carbons (Fsp3) is 0.600. The van der Waals surface area contributed by atoms with Crippen molar-refractivity contribution in [2.75, 3.05) is 26.2 Å². The third-order valence-corrected chi connectivity index (χ3v) is 3.43. The summed E-state index contributed by atoms with van der Waals surface area (Å²) < 4.78 is 5.79. The molecule has 0 saturated carbocycles. The van der Waals surface area contributed by atoms with Gasteiger partial charge in [-0.2, -0.15) is 0 Å². The van der Waals surface area contributed by atoms with E-state index in [0.717, 1.165) is 44.8 Å². The van der Waals surface area contributed by atoms with Gasteiger partial charge < -0.3 is 9.84 Å². The van der Waals surface area contributed by atoms with Gasteiger partial charge in [0.1, 0.15) is 12.4 Å². The summed E-state index contributed by atoms with van der Waals surface area (Å²) in [6.07, 6.45) is 1.69. The van der Waals surface area contributed by atoms with Crippen molar-refractivity contribution in [3.05, 3.63) is 29.3 Å². The van der Waals surface area contributed by atoms with Gasteiger partial charge in [-0.05, 0) is 49.9 Å². The highest BCUT2D eigenvalue weighted by Crippen LogP contribution is 2.16. The quantitative estimate of drug-likeness (QED) is 0.887. The van der Waals surface area contributed by atoms with Gasteiger partial charge in [-0.3, -0.25) is 4.90 Å². The molecule has 3 nitrogen and oxygen atoms in total. The molecule has 0 spiro atoms. The Morgan fingerprint density at radius 3 is 2.39 bits per heavy atom. The molecule has 100 valence electrons. The minimum atomic E-state index is -0.0957. The lowest BCUT2D eigenvalue weighted by molar-refractivity contribution is 0.0755. The van der Waals surface area contributed by atoms with Gasteiger partial charge >= 0.3 is 0 Å². The number of aryl methyl sites for hydroxylation is 2. The third-order valence-electron chi connectivity index (χ3n) is 3.43. The van der Waals surface area contributed by atoms with Gasteiger partial charge in [0.15, 0.2) is 0 Å². The topological polar surface area (TPSA) is 32.7 Å². The second-order valence-electron chi connectivity index (χ2n) is 5.24. The molecular formula is C15H23NO2. The zero-order chi connectivity index (χ0) is 13.0. The molecule has 1 aliphatic heterocycles. The third kappa shape index (κ3) is 4.00. The van der Waals surface area contributed by atoms with Gasteiger partial charge in [-0.1, -0.05) is 6.07 Å². The molecule has 0 atom stereocenters. The van der Waals surface area contributed by atoms with E-state index in [2.05, 4.69) is 36.9 Å². The highest BCUT2D eigenvalue weighted by molar-refractivity contribution is 5.32. The molecule has 1 fully saturated rings. The van der Waals surface area contributed by atoms with E-state index in [1.54, 1.807) is 0 Å². The van der Waals surface area contributed by atoms with Crippen molar-refractivity contribution in [2.45, 2.75) is 32.8 Å². The summed E-state index contributed by atoms with van der Waals surface area (Å²) in [5.41, 5.74) is 2.48. The van der Waals surface area contributed by atoms with Gasteiger partial charge in [0, 0.05) is 19.6 Å². The molecule has 0 bridgehead atoms. The van der Waals surface area contributed by atoms with E-state index in [1.807, 2.05) is 0 Å². The average molecular weight is 249 g/mol. The number of likely N-dealkylation sites (tertiary alicyclic amines) is 1. The Balaban J connectivity index is 1.74. The van der Waals surface area contributed by atoms with Crippen LogP contribution in [0, 0.1) is 13.8 Å². The number of ether oxygens (including phenoxy) is 1. The first-order valence-electron chi connectivity index (χ1n) is 6.75. The normalized spacial score (nSPS) is 17.9. The molecular weight excluding hydrogens is 226 g/mol. The van der Waals surface area contributed by atoms with Crippen LogP contribution in [0.5, 0.6) is 5.75 Å². The van der Waals surface area contributed by atoms with Gasteiger partial charge in [0.25, 0.3) is 0 Å². The SMILES string of the molecule is Cc1cc(C)cc(OCCN2CCC(O)CC2)c1. The maximum absolute atomic E-state index is 9.43. The summed E-state index contributed by atoms with van der Waals surface area (Å²) in [4.78, 5) is 2.36. The predicted octanol–water partition coefficient (Wildman–Crippen LogP) is 2.14. The number of benzene rings is 1. The highest BCUT2D eigenvalue weighted by Gasteiger charge is 2.16. The highest BCUT2D eigenvalue weighted by atomic mass is 16.5. The van der Waals surface area contributed by atoms with Crippen LogP contribution in [0.1, 0.15) is 24.0 Å². The van der Waals surface area contributed by atoms with Crippen molar-refractivity contribution in [3.8, 4) is 5.75 Å². The van der Waals surface area contributed by atoms with Crippen molar-refractivity contribution in [1.29, 1.82) is 0 Å². The van der Waals surface area contributed by atoms with Gasteiger partial charge in [0.2, 0.25) is 0 Å². The summed E-state index contributed by atoms with van der Waals surface area (Å²) in [5, 5.41) is 9.43. The number of piperidine rings is 1. The van der Waals surface area contributed by atoms with Gasteiger partial charge in [0.05, 0.1) is 6.10 Å². The second kappa shape index (κ2) is 6.21. The van der Waals surface area contributed by atoms with E-state index in [9.17, 15) is 5.11 Å². The molecule has 0 radical (unpaired) electrons. The minimum Gasteiger partial charge on any atom is -0.492 e. The van der Waals surface area contributed by atoms with Crippen molar-refractivity contribution < 1.29 is 9.84 Å². The van der Waals surface area contributed by atoms with Crippen LogP contribution in [-0.2, 0) is 0 Å². The molecule has 1 heterocycles. The molecule has 0 aliphatic carbocycles. The van der Waals surface area contributed by atoms with Crippen LogP contribution in [0.25, 0.3) is 0 Å². The smallest absolute Gasteiger partial charge is 0.119 e. The van der Waals surface area contributed by atoms with Crippen molar-refractivity contribution in [1.82, 2.24) is 4.90 Å². The number of aliphatic hydroxyl groups is 1. The van der Waals surface area contributed by atoms with E-state index < -0.39 is 0 Å². The van der Waals surface area contributed by atoms with E-state index in [1.165, 1.54) is 11.1 Å². The predicted molar refractivity (Wildman–Crippen MR) is 73.1 cm³/mol. The molecule has 1 N–H and O–H groups in total. The fourth-order valence-electron chi connectivity index (χ4n) is 2.45. The Hall–Kier alpha value is -1.06. The fourth-order valence-corrected chi connectivity index (χ4v) is 2.45. The molecule has 1 aromatic carbocycles. The molecule has 2 rings (SSSR count). The van der Waals surface area contributed by atoms with Crippen LogP contribution in [0.2, 0.25) is 0 Å². The maximum atomic E-state index is 9.43. The lowest BCUT2D eigenvalue weighted by atomic mass is 10.1. The molecule has 1 saturated heterocycles. The molecule has 1 aliphatic rings. The van der Waals surface area contributed by atoms with Crippen LogP contribution < -0.4 is 4.74 Å². The Morgan fingerprint density at radius 2 is 1.78 bits per heavy atom.